The molecule has 2 nitrogen and oxygen atoms in total. The van der Waals surface area contributed by atoms with E-state index in [9.17, 15) is 0 Å². The first-order valence-corrected chi connectivity index (χ1v) is 7.20. The Labute approximate surface area is 118 Å². The summed E-state index contributed by atoms with van der Waals surface area (Å²) in [6.45, 7) is 2.93. The molecule has 0 heterocycles. The summed E-state index contributed by atoms with van der Waals surface area (Å²) < 4.78 is 0. The van der Waals surface area contributed by atoms with Gasteiger partial charge in [0, 0.05) is 22.9 Å². The summed E-state index contributed by atoms with van der Waals surface area (Å²) >= 11 is 1.83. The molecule has 0 aromatic heterocycles. The van der Waals surface area contributed by atoms with Crippen molar-refractivity contribution in [3.05, 3.63) is 59.7 Å². The van der Waals surface area contributed by atoms with Crippen LogP contribution >= 0.6 is 11.8 Å². The fourth-order valence-corrected chi connectivity index (χ4v) is 2.54. The van der Waals surface area contributed by atoms with Gasteiger partial charge in [-0.15, -0.1) is 11.8 Å². The minimum absolute atomic E-state index is 0.698. The van der Waals surface area contributed by atoms with Crippen molar-refractivity contribution in [2.24, 2.45) is 0 Å². The van der Waals surface area contributed by atoms with Crippen molar-refractivity contribution in [1.82, 2.24) is 0 Å². The van der Waals surface area contributed by atoms with Gasteiger partial charge in [-0.3, -0.25) is 0 Å². The average Bonchev–Trinajstić information content (AvgIpc) is 2.46. The van der Waals surface area contributed by atoms with Crippen LogP contribution in [0.25, 0.3) is 0 Å². The van der Waals surface area contributed by atoms with E-state index >= 15 is 0 Å². The minimum Gasteiger partial charge on any atom is -0.384 e. The number of hydrogen-bond donors (Lipinski definition) is 1. The Morgan fingerprint density at radius 2 is 1.95 bits per heavy atom. The smallest absolute Gasteiger partial charge is 0.0992 e. The summed E-state index contributed by atoms with van der Waals surface area (Å²) in [5.74, 6) is 1.00. The maximum atomic E-state index is 8.89. The van der Waals surface area contributed by atoms with Gasteiger partial charge in [-0.1, -0.05) is 24.3 Å². The second kappa shape index (κ2) is 6.86. The first-order chi connectivity index (χ1) is 9.29. The highest BCUT2D eigenvalue weighted by molar-refractivity contribution is 7.99. The lowest BCUT2D eigenvalue weighted by molar-refractivity contribution is 1.21. The third-order valence-corrected chi connectivity index (χ3v) is 3.81. The largest absolute Gasteiger partial charge is 0.384 e. The molecule has 0 bridgehead atoms. The molecule has 0 saturated carbocycles. The summed E-state index contributed by atoms with van der Waals surface area (Å²) in [7, 11) is 0. The van der Waals surface area contributed by atoms with Crippen LogP contribution in [0.4, 0.5) is 5.69 Å². The molecule has 0 aliphatic heterocycles. The van der Waals surface area contributed by atoms with Gasteiger partial charge in [0.05, 0.1) is 11.6 Å². The molecule has 0 unspecified atom stereocenters. The SMILES string of the molecule is Cc1ccc(C#N)cc1NCCSc1ccccc1. The molecule has 0 fully saturated rings. The molecule has 0 saturated heterocycles. The molecule has 96 valence electrons. The molecule has 0 atom stereocenters. The fraction of sp³-hybridized carbons (Fsp3) is 0.188. The van der Waals surface area contributed by atoms with Gasteiger partial charge in [0.25, 0.3) is 0 Å². The number of nitrogens with one attached hydrogen (secondary N) is 1. The van der Waals surface area contributed by atoms with Crippen molar-refractivity contribution in [2.45, 2.75) is 11.8 Å². The Balaban J connectivity index is 1.85. The molecule has 1 N–H and O–H groups in total. The first kappa shape index (κ1) is 13.5. The molecule has 3 heteroatoms. The molecule has 19 heavy (non-hydrogen) atoms. The van der Waals surface area contributed by atoms with Gasteiger partial charge < -0.3 is 5.32 Å². The fourth-order valence-electron chi connectivity index (χ4n) is 1.75. The van der Waals surface area contributed by atoms with Crippen LogP contribution in [0.3, 0.4) is 0 Å². The molecular formula is C16H16N2S. The van der Waals surface area contributed by atoms with Crippen LogP contribution < -0.4 is 5.32 Å². The molecule has 0 aliphatic carbocycles. The maximum Gasteiger partial charge on any atom is 0.0992 e. The van der Waals surface area contributed by atoms with Crippen molar-refractivity contribution in [3.8, 4) is 6.07 Å². The third-order valence-electron chi connectivity index (χ3n) is 2.80. The minimum atomic E-state index is 0.698. The Kier molecular flexibility index (Phi) is 4.88. The number of hydrogen-bond acceptors (Lipinski definition) is 3. The maximum absolute atomic E-state index is 8.89. The number of nitrogens with zero attached hydrogens (tertiary/aromatic N) is 1. The number of thioether (sulfide) groups is 1. The van der Waals surface area contributed by atoms with Gasteiger partial charge >= 0.3 is 0 Å². The second-order valence-corrected chi connectivity index (χ2v) is 5.40. The van der Waals surface area contributed by atoms with Crippen LogP contribution in [0.1, 0.15) is 11.1 Å². The van der Waals surface area contributed by atoms with E-state index in [2.05, 4.69) is 35.7 Å². The van der Waals surface area contributed by atoms with Crippen molar-refractivity contribution in [1.29, 1.82) is 5.26 Å². The third kappa shape index (κ3) is 4.04. The highest BCUT2D eigenvalue weighted by Gasteiger charge is 1.99. The van der Waals surface area contributed by atoms with Crippen molar-refractivity contribution >= 4 is 17.4 Å². The number of aryl methyl sites for hydroxylation is 1. The standard InChI is InChI=1S/C16H16N2S/c1-13-7-8-14(12-17)11-16(13)18-9-10-19-15-5-3-2-4-6-15/h2-8,11,18H,9-10H2,1H3. The Morgan fingerprint density at radius 3 is 2.68 bits per heavy atom. The lowest BCUT2D eigenvalue weighted by Gasteiger charge is -2.09. The van der Waals surface area contributed by atoms with Crippen molar-refractivity contribution < 1.29 is 0 Å². The van der Waals surface area contributed by atoms with Gasteiger partial charge in [-0.2, -0.15) is 5.26 Å². The van der Waals surface area contributed by atoms with E-state index in [1.165, 1.54) is 10.5 Å². The summed E-state index contributed by atoms with van der Waals surface area (Å²) in [5.41, 5.74) is 2.92. The molecule has 2 aromatic rings. The van der Waals surface area contributed by atoms with E-state index in [0.29, 0.717) is 5.56 Å². The summed E-state index contributed by atoms with van der Waals surface area (Å²) in [4.78, 5) is 1.28. The summed E-state index contributed by atoms with van der Waals surface area (Å²) in [6.07, 6.45) is 0. The monoisotopic (exact) mass is 268 g/mol. The van der Waals surface area contributed by atoms with Crippen molar-refractivity contribution in [3.63, 3.8) is 0 Å². The number of nitriles is 1. The Morgan fingerprint density at radius 1 is 1.16 bits per heavy atom. The predicted molar refractivity (Wildman–Crippen MR) is 81.5 cm³/mol. The van der Waals surface area contributed by atoms with Crippen LogP contribution in [-0.4, -0.2) is 12.3 Å². The zero-order valence-corrected chi connectivity index (χ0v) is 11.7. The molecule has 2 aromatic carbocycles. The van der Waals surface area contributed by atoms with E-state index in [-0.39, 0.29) is 0 Å². The summed E-state index contributed by atoms with van der Waals surface area (Å²) in [5, 5.41) is 12.3. The molecule has 0 spiro atoms. The van der Waals surface area contributed by atoms with E-state index in [4.69, 9.17) is 5.26 Å². The average molecular weight is 268 g/mol. The number of rotatable bonds is 5. The lowest BCUT2D eigenvalue weighted by atomic mass is 10.1. The zero-order valence-electron chi connectivity index (χ0n) is 10.9. The van der Waals surface area contributed by atoms with Gasteiger partial charge in [0.2, 0.25) is 0 Å². The highest BCUT2D eigenvalue weighted by atomic mass is 32.2. The van der Waals surface area contributed by atoms with Crippen LogP contribution in [0.15, 0.2) is 53.4 Å². The number of benzene rings is 2. The molecular weight excluding hydrogens is 252 g/mol. The first-order valence-electron chi connectivity index (χ1n) is 6.22. The molecule has 0 aliphatic rings. The second-order valence-electron chi connectivity index (χ2n) is 4.23. The normalized spacial score (nSPS) is 9.89. The lowest BCUT2D eigenvalue weighted by Crippen LogP contribution is -2.05. The molecule has 0 amide bonds. The summed E-state index contributed by atoms with van der Waals surface area (Å²) in [6, 6.07) is 18.3. The van der Waals surface area contributed by atoms with Crippen LogP contribution in [0.2, 0.25) is 0 Å². The Bertz CT molecular complexity index is 573. The van der Waals surface area contributed by atoms with E-state index in [1.54, 1.807) is 0 Å². The van der Waals surface area contributed by atoms with Gasteiger partial charge in [-0.05, 0) is 36.8 Å². The Hall–Kier alpha value is -1.92. The van der Waals surface area contributed by atoms with Gasteiger partial charge in [-0.25, -0.2) is 0 Å². The molecule has 2 rings (SSSR count). The predicted octanol–water partition coefficient (Wildman–Crippen LogP) is 4.07. The van der Waals surface area contributed by atoms with Crippen molar-refractivity contribution in [2.75, 3.05) is 17.6 Å². The highest BCUT2D eigenvalue weighted by Crippen LogP contribution is 2.19. The van der Waals surface area contributed by atoms with Gasteiger partial charge in [0.15, 0.2) is 0 Å². The van der Waals surface area contributed by atoms with Gasteiger partial charge in [0.1, 0.15) is 0 Å². The number of anilines is 1. The van der Waals surface area contributed by atoms with E-state index in [0.717, 1.165) is 18.0 Å². The van der Waals surface area contributed by atoms with Crippen LogP contribution in [0, 0.1) is 18.3 Å². The van der Waals surface area contributed by atoms with Crippen LogP contribution in [0.5, 0.6) is 0 Å². The zero-order chi connectivity index (χ0) is 13.5. The van der Waals surface area contributed by atoms with E-state index < -0.39 is 0 Å². The quantitative estimate of drug-likeness (QED) is 0.656. The van der Waals surface area contributed by atoms with Crippen LogP contribution in [-0.2, 0) is 0 Å². The topological polar surface area (TPSA) is 35.8 Å². The molecule has 0 radical (unpaired) electrons. The van der Waals surface area contributed by atoms with E-state index in [1.807, 2.05) is 43.0 Å².